The molecule has 1 aromatic carbocycles. The van der Waals surface area contributed by atoms with Crippen LogP contribution in [-0.4, -0.2) is 46.6 Å². The molecule has 0 saturated carbocycles. The number of benzene rings is 1. The Hall–Kier alpha value is -1.91. The van der Waals surface area contributed by atoms with E-state index in [-0.39, 0.29) is 28.6 Å². The highest BCUT2D eigenvalue weighted by atomic mass is 32.2. The van der Waals surface area contributed by atoms with Gasteiger partial charge in [0.25, 0.3) is 0 Å². The number of aromatic nitrogens is 1. The quantitative estimate of drug-likeness (QED) is 0.826. The van der Waals surface area contributed by atoms with Crippen molar-refractivity contribution >= 4 is 19.9 Å². The fourth-order valence-corrected chi connectivity index (χ4v) is 5.82. The first-order valence-corrected chi connectivity index (χ1v) is 10.4. The molecule has 0 aliphatic carbocycles. The Balaban J connectivity index is 1.95. The highest BCUT2D eigenvalue weighted by Crippen LogP contribution is 2.30. The molecule has 1 N–H and O–H groups in total. The van der Waals surface area contributed by atoms with E-state index < -0.39 is 25.9 Å². The first-order chi connectivity index (χ1) is 11.3. The van der Waals surface area contributed by atoms with Gasteiger partial charge in [0.1, 0.15) is 10.6 Å². The van der Waals surface area contributed by atoms with Gasteiger partial charge < -0.3 is 9.26 Å². The van der Waals surface area contributed by atoms with E-state index in [0.29, 0.717) is 11.3 Å². The molecule has 0 spiro atoms. The molecule has 1 aromatic heterocycles. The van der Waals surface area contributed by atoms with Crippen LogP contribution in [0.3, 0.4) is 0 Å². The summed E-state index contributed by atoms with van der Waals surface area (Å²) in [6.07, 6.45) is 1.71. The van der Waals surface area contributed by atoms with Crippen molar-refractivity contribution in [1.29, 1.82) is 0 Å². The third kappa shape index (κ3) is 3.45. The number of sulfonamides is 1. The molecule has 1 aliphatic rings. The molecule has 130 valence electrons. The van der Waals surface area contributed by atoms with Crippen LogP contribution < -0.4 is 9.46 Å². The Morgan fingerprint density at radius 2 is 2.12 bits per heavy atom. The van der Waals surface area contributed by atoms with Crippen molar-refractivity contribution in [3.63, 3.8) is 0 Å². The molecular formula is C14H16N2O6S2. The summed E-state index contributed by atoms with van der Waals surface area (Å²) in [4.78, 5) is -0.0804. The number of nitrogens with zero attached hydrogens (tertiary/aromatic N) is 1. The van der Waals surface area contributed by atoms with Gasteiger partial charge in [0.15, 0.2) is 15.6 Å². The van der Waals surface area contributed by atoms with E-state index in [1.807, 2.05) is 0 Å². The van der Waals surface area contributed by atoms with Gasteiger partial charge in [0.05, 0.1) is 24.8 Å². The molecule has 2 heterocycles. The van der Waals surface area contributed by atoms with Crippen LogP contribution in [0.15, 0.2) is 39.9 Å². The monoisotopic (exact) mass is 372 g/mol. The highest BCUT2D eigenvalue weighted by Gasteiger charge is 2.32. The molecule has 1 fully saturated rings. The van der Waals surface area contributed by atoms with Gasteiger partial charge in [-0.2, -0.15) is 0 Å². The van der Waals surface area contributed by atoms with Crippen LogP contribution in [-0.2, 0) is 19.9 Å². The lowest BCUT2D eigenvalue weighted by Crippen LogP contribution is -2.35. The summed E-state index contributed by atoms with van der Waals surface area (Å²) in [6, 6.07) is 5.54. The van der Waals surface area contributed by atoms with E-state index in [9.17, 15) is 16.8 Å². The topological polar surface area (TPSA) is 116 Å². The van der Waals surface area contributed by atoms with Crippen molar-refractivity contribution in [3.05, 3.63) is 30.5 Å². The predicted molar refractivity (Wildman–Crippen MR) is 85.9 cm³/mol. The Bertz CT molecular complexity index is 936. The fourth-order valence-electron chi connectivity index (χ4n) is 2.58. The summed E-state index contributed by atoms with van der Waals surface area (Å²) in [6.45, 7) is 0. The lowest BCUT2D eigenvalue weighted by atomic mass is 10.2. The molecule has 24 heavy (non-hydrogen) atoms. The predicted octanol–water partition coefficient (Wildman–Crippen LogP) is 0.816. The molecule has 0 bridgehead atoms. The van der Waals surface area contributed by atoms with Crippen molar-refractivity contribution in [2.75, 3.05) is 18.6 Å². The van der Waals surface area contributed by atoms with Crippen LogP contribution in [0.25, 0.3) is 11.3 Å². The van der Waals surface area contributed by atoms with Crippen LogP contribution in [0.5, 0.6) is 5.75 Å². The smallest absolute Gasteiger partial charge is 0.244 e. The summed E-state index contributed by atoms with van der Waals surface area (Å²) in [5.74, 6) is 0.357. The average molecular weight is 372 g/mol. The van der Waals surface area contributed by atoms with E-state index in [2.05, 4.69) is 9.88 Å². The number of sulfone groups is 1. The highest BCUT2D eigenvalue weighted by molar-refractivity contribution is 7.92. The van der Waals surface area contributed by atoms with Crippen molar-refractivity contribution < 1.29 is 26.1 Å². The first kappa shape index (κ1) is 16.9. The minimum Gasteiger partial charge on any atom is -0.495 e. The van der Waals surface area contributed by atoms with Crippen LogP contribution in [0.4, 0.5) is 0 Å². The van der Waals surface area contributed by atoms with Gasteiger partial charge in [-0.3, -0.25) is 0 Å². The molecular weight excluding hydrogens is 356 g/mol. The van der Waals surface area contributed by atoms with E-state index in [0.717, 1.165) is 0 Å². The molecule has 10 heteroatoms. The summed E-state index contributed by atoms with van der Waals surface area (Å²) in [7, 11) is -5.78. The number of rotatable bonds is 5. The minimum atomic E-state index is -3.95. The molecule has 1 atom stereocenters. The molecule has 0 amide bonds. The molecule has 0 radical (unpaired) electrons. The van der Waals surface area contributed by atoms with E-state index in [1.165, 1.54) is 25.4 Å². The second-order valence-electron chi connectivity index (χ2n) is 5.46. The summed E-state index contributed by atoms with van der Waals surface area (Å²) in [5, 5.41) is 3.59. The normalized spacial score (nSPS) is 20.1. The summed E-state index contributed by atoms with van der Waals surface area (Å²) < 4.78 is 61.0. The minimum absolute atomic E-state index is 0.0184. The zero-order chi connectivity index (χ0) is 17.4. The van der Waals surface area contributed by atoms with Crippen LogP contribution in [0.1, 0.15) is 6.42 Å². The lowest BCUT2D eigenvalue weighted by Gasteiger charge is -2.14. The Morgan fingerprint density at radius 1 is 1.33 bits per heavy atom. The number of nitrogens with one attached hydrogen (secondary N) is 1. The van der Waals surface area contributed by atoms with Crippen LogP contribution >= 0.6 is 0 Å². The van der Waals surface area contributed by atoms with E-state index >= 15 is 0 Å². The number of methoxy groups -OCH3 is 1. The zero-order valence-corrected chi connectivity index (χ0v) is 14.4. The standard InChI is InChI=1S/C14H16N2O6S2/c1-21-13-3-2-10(12-4-6-15-22-12)8-14(13)24(19,20)16-11-5-7-23(17,18)9-11/h2-4,6,8,11,16H,5,7,9H2,1H3/t11-/m1/s1. The molecule has 0 unspecified atom stereocenters. The van der Waals surface area contributed by atoms with Gasteiger partial charge in [-0.05, 0) is 24.6 Å². The fraction of sp³-hybridized carbons (Fsp3) is 0.357. The Morgan fingerprint density at radius 3 is 2.71 bits per heavy atom. The molecule has 8 nitrogen and oxygen atoms in total. The van der Waals surface area contributed by atoms with Crippen LogP contribution in [0, 0.1) is 0 Å². The lowest BCUT2D eigenvalue weighted by molar-refractivity contribution is 0.401. The van der Waals surface area contributed by atoms with Crippen molar-refractivity contribution in [1.82, 2.24) is 9.88 Å². The summed E-state index contributed by atoms with van der Waals surface area (Å²) >= 11 is 0. The largest absolute Gasteiger partial charge is 0.495 e. The van der Waals surface area contributed by atoms with Gasteiger partial charge in [-0.25, -0.2) is 21.6 Å². The maximum Gasteiger partial charge on any atom is 0.244 e. The van der Waals surface area contributed by atoms with Crippen molar-refractivity contribution in [3.8, 4) is 17.1 Å². The molecule has 1 aliphatic heterocycles. The van der Waals surface area contributed by atoms with E-state index in [4.69, 9.17) is 9.26 Å². The molecule has 3 rings (SSSR count). The number of ether oxygens (including phenoxy) is 1. The second-order valence-corrected chi connectivity index (χ2v) is 9.37. The maximum atomic E-state index is 12.7. The SMILES string of the molecule is COc1ccc(-c2ccno2)cc1S(=O)(=O)N[C@@H]1CCS(=O)(=O)C1. The molecule has 2 aromatic rings. The summed E-state index contributed by atoms with van der Waals surface area (Å²) in [5.41, 5.74) is 0.521. The van der Waals surface area contributed by atoms with Gasteiger partial charge >= 0.3 is 0 Å². The van der Waals surface area contributed by atoms with E-state index in [1.54, 1.807) is 12.1 Å². The van der Waals surface area contributed by atoms with Crippen molar-refractivity contribution in [2.45, 2.75) is 17.4 Å². The first-order valence-electron chi connectivity index (χ1n) is 7.12. The van der Waals surface area contributed by atoms with Crippen molar-refractivity contribution in [2.24, 2.45) is 0 Å². The zero-order valence-electron chi connectivity index (χ0n) is 12.8. The van der Waals surface area contributed by atoms with Crippen LogP contribution in [0.2, 0.25) is 0 Å². The van der Waals surface area contributed by atoms with Gasteiger partial charge in [0, 0.05) is 17.7 Å². The second kappa shape index (κ2) is 6.19. The Kier molecular flexibility index (Phi) is 4.37. The van der Waals surface area contributed by atoms with Gasteiger partial charge in [0.2, 0.25) is 10.0 Å². The van der Waals surface area contributed by atoms with Gasteiger partial charge in [-0.1, -0.05) is 5.16 Å². The molecule has 1 saturated heterocycles. The Labute approximate surface area is 139 Å². The maximum absolute atomic E-state index is 12.7. The number of hydrogen-bond acceptors (Lipinski definition) is 7. The van der Waals surface area contributed by atoms with Gasteiger partial charge in [-0.15, -0.1) is 0 Å². The third-order valence-corrected chi connectivity index (χ3v) is 7.04. The number of hydrogen-bond donors (Lipinski definition) is 1. The average Bonchev–Trinajstić information content (AvgIpc) is 3.16. The third-order valence-electron chi connectivity index (χ3n) is 3.73.